The Hall–Kier alpha value is -6.26. The number of aromatic nitrogens is 2. The van der Waals surface area contributed by atoms with E-state index >= 15 is 0 Å². The Labute approximate surface area is 263 Å². The van der Waals surface area contributed by atoms with E-state index in [1.54, 1.807) is 0 Å². The summed E-state index contributed by atoms with van der Waals surface area (Å²) in [4.78, 5) is 2.43. The van der Waals surface area contributed by atoms with Gasteiger partial charge in [-0.2, -0.15) is 0 Å². The first-order chi connectivity index (χ1) is 22.8. The molecule has 0 unspecified atom stereocenters. The number of nitrogens with zero attached hydrogens (tertiary/aromatic N) is 3. The number of hydrogen-bond donors (Lipinski definition) is 0. The van der Waals surface area contributed by atoms with E-state index in [1.165, 1.54) is 32.7 Å². The summed E-state index contributed by atoms with van der Waals surface area (Å²) in [5.41, 5.74) is 12.4. The number of para-hydroxylation sites is 6. The molecular weight excluding hydrogens is 562 g/mol. The lowest BCUT2D eigenvalue weighted by Crippen LogP contribution is -2.18. The van der Waals surface area contributed by atoms with Crippen LogP contribution >= 0.6 is 0 Å². The Bertz CT molecular complexity index is 2870. The molecular formula is C42H25N3O. The largest absolute Gasteiger partial charge is 0.455 e. The summed E-state index contributed by atoms with van der Waals surface area (Å²) < 4.78 is 11.4. The fourth-order valence-corrected chi connectivity index (χ4v) is 7.95. The van der Waals surface area contributed by atoms with E-state index in [4.69, 9.17) is 4.42 Å². The Morgan fingerprint density at radius 2 is 1.09 bits per heavy atom. The van der Waals surface area contributed by atoms with Crippen molar-refractivity contribution in [3.63, 3.8) is 0 Å². The maximum Gasteiger partial charge on any atom is 0.145 e. The predicted molar refractivity (Wildman–Crippen MR) is 191 cm³/mol. The predicted octanol–water partition coefficient (Wildman–Crippen LogP) is 11.6. The zero-order valence-corrected chi connectivity index (χ0v) is 24.7. The van der Waals surface area contributed by atoms with Gasteiger partial charge in [-0.05, 0) is 72.8 Å². The molecule has 4 heteroatoms. The molecule has 4 nitrogen and oxygen atoms in total. The monoisotopic (exact) mass is 587 g/mol. The van der Waals surface area contributed by atoms with Crippen molar-refractivity contribution in [2.45, 2.75) is 0 Å². The van der Waals surface area contributed by atoms with E-state index in [0.29, 0.717) is 0 Å². The van der Waals surface area contributed by atoms with Gasteiger partial charge in [0.15, 0.2) is 0 Å². The second kappa shape index (κ2) is 8.68. The van der Waals surface area contributed by atoms with Crippen molar-refractivity contribution in [2.75, 3.05) is 4.90 Å². The molecule has 0 N–H and O–H groups in total. The highest BCUT2D eigenvalue weighted by molar-refractivity contribution is 6.26. The normalized spacial score (nSPS) is 12.7. The van der Waals surface area contributed by atoms with Crippen LogP contribution in [0.15, 0.2) is 156 Å². The lowest BCUT2D eigenvalue weighted by Gasteiger charge is -2.33. The molecule has 1 aliphatic heterocycles. The molecule has 0 fully saturated rings. The summed E-state index contributed by atoms with van der Waals surface area (Å²) >= 11 is 0. The van der Waals surface area contributed by atoms with E-state index in [0.717, 1.165) is 61.3 Å². The third kappa shape index (κ3) is 2.98. The molecule has 3 aromatic heterocycles. The molecule has 11 rings (SSSR count). The van der Waals surface area contributed by atoms with Gasteiger partial charge in [0.2, 0.25) is 0 Å². The molecule has 0 atom stereocenters. The van der Waals surface area contributed by atoms with Crippen molar-refractivity contribution in [2.24, 2.45) is 0 Å². The minimum Gasteiger partial charge on any atom is -0.455 e. The average Bonchev–Trinajstić information content (AvgIpc) is 3.77. The number of benzene rings is 7. The number of furan rings is 1. The lowest BCUT2D eigenvalue weighted by molar-refractivity contribution is 0.673. The number of hydrogen-bond acceptors (Lipinski definition) is 2. The van der Waals surface area contributed by atoms with Gasteiger partial charge in [-0.3, -0.25) is 0 Å². The quantitative estimate of drug-likeness (QED) is 0.201. The van der Waals surface area contributed by atoms with Crippen LogP contribution in [0.3, 0.4) is 0 Å². The summed E-state index contributed by atoms with van der Waals surface area (Å²) in [6.07, 6.45) is 0. The van der Waals surface area contributed by atoms with Gasteiger partial charge in [0.05, 0.1) is 44.5 Å². The van der Waals surface area contributed by atoms with Crippen LogP contribution in [0.5, 0.6) is 0 Å². The first-order valence-electron chi connectivity index (χ1n) is 15.7. The van der Waals surface area contributed by atoms with Crippen LogP contribution in [0.1, 0.15) is 0 Å². The summed E-state index contributed by atoms with van der Waals surface area (Å²) in [6, 6.07) is 54.5. The number of anilines is 3. The maximum atomic E-state index is 6.59. The van der Waals surface area contributed by atoms with E-state index in [-0.39, 0.29) is 0 Å². The highest BCUT2D eigenvalue weighted by atomic mass is 16.3. The fraction of sp³-hybridized carbons (Fsp3) is 0. The summed E-state index contributed by atoms with van der Waals surface area (Å²) in [6.45, 7) is 0. The van der Waals surface area contributed by atoms with E-state index in [9.17, 15) is 0 Å². The zero-order chi connectivity index (χ0) is 29.9. The summed E-state index contributed by atoms with van der Waals surface area (Å²) in [5, 5.41) is 7.13. The van der Waals surface area contributed by atoms with Gasteiger partial charge in [0.1, 0.15) is 11.2 Å². The number of rotatable bonds is 2. The molecule has 0 spiro atoms. The molecule has 4 heterocycles. The number of fused-ring (bicyclic) bond motifs is 12. The van der Waals surface area contributed by atoms with Gasteiger partial charge in [-0.15, -0.1) is 0 Å². The van der Waals surface area contributed by atoms with Crippen LogP contribution in [0.25, 0.3) is 76.9 Å². The Balaban J connectivity index is 1.23. The van der Waals surface area contributed by atoms with Gasteiger partial charge >= 0.3 is 0 Å². The third-order valence-electron chi connectivity index (χ3n) is 9.81. The molecule has 46 heavy (non-hydrogen) atoms. The molecule has 1 aliphatic rings. The van der Waals surface area contributed by atoms with E-state index < -0.39 is 0 Å². The van der Waals surface area contributed by atoms with Crippen LogP contribution in [0.2, 0.25) is 0 Å². The van der Waals surface area contributed by atoms with Crippen LogP contribution in [0, 0.1) is 0 Å². The molecule has 0 saturated heterocycles. The van der Waals surface area contributed by atoms with Crippen molar-refractivity contribution >= 4 is 82.6 Å². The average molecular weight is 588 g/mol. The topological polar surface area (TPSA) is 26.2 Å². The smallest absolute Gasteiger partial charge is 0.145 e. The fourth-order valence-electron chi connectivity index (χ4n) is 7.95. The molecule has 0 aliphatic carbocycles. The van der Waals surface area contributed by atoms with Crippen LogP contribution in [0.4, 0.5) is 17.1 Å². The molecule has 214 valence electrons. The van der Waals surface area contributed by atoms with E-state index in [1.807, 2.05) is 6.07 Å². The van der Waals surface area contributed by atoms with Gasteiger partial charge < -0.3 is 18.5 Å². The van der Waals surface area contributed by atoms with Crippen LogP contribution < -0.4 is 4.90 Å². The van der Waals surface area contributed by atoms with Crippen LogP contribution in [-0.2, 0) is 0 Å². The first kappa shape index (κ1) is 24.1. The third-order valence-corrected chi connectivity index (χ3v) is 9.81. The second-order valence-corrected chi connectivity index (χ2v) is 12.2. The lowest BCUT2D eigenvalue weighted by atomic mass is 10.1. The van der Waals surface area contributed by atoms with Crippen molar-refractivity contribution in [1.29, 1.82) is 0 Å². The second-order valence-electron chi connectivity index (χ2n) is 12.2. The first-order valence-corrected chi connectivity index (χ1v) is 15.7. The Morgan fingerprint density at radius 1 is 0.391 bits per heavy atom. The summed E-state index contributed by atoms with van der Waals surface area (Å²) in [5.74, 6) is 0. The van der Waals surface area contributed by atoms with Gasteiger partial charge in [-0.25, -0.2) is 0 Å². The van der Waals surface area contributed by atoms with E-state index in [2.05, 4.69) is 160 Å². The van der Waals surface area contributed by atoms with Gasteiger partial charge in [0, 0.05) is 38.3 Å². The maximum absolute atomic E-state index is 6.59. The molecule has 10 aromatic rings. The van der Waals surface area contributed by atoms with Crippen molar-refractivity contribution < 1.29 is 4.42 Å². The molecule has 0 bridgehead atoms. The van der Waals surface area contributed by atoms with Crippen molar-refractivity contribution in [3.8, 4) is 11.4 Å². The Morgan fingerprint density at radius 3 is 2.00 bits per heavy atom. The zero-order valence-electron chi connectivity index (χ0n) is 24.7. The van der Waals surface area contributed by atoms with Crippen molar-refractivity contribution in [1.82, 2.24) is 9.13 Å². The molecule has 0 amide bonds. The van der Waals surface area contributed by atoms with Gasteiger partial charge in [0.25, 0.3) is 0 Å². The van der Waals surface area contributed by atoms with Gasteiger partial charge in [-0.1, -0.05) is 78.9 Å². The standard InChI is InChI=1S/C42H25N3O/c1-2-11-26(12-3-1)43-33-16-6-4-13-28(33)32-25-27(21-23-34(32)43)44-35-17-7-8-18-36(35)45-37-24-22-30-29-14-5-9-20-39(29)46-42(30)40(37)31-15-10-19-38(44)41(31)45/h1-25H. The minimum atomic E-state index is 0.918. The molecule has 0 saturated carbocycles. The SMILES string of the molecule is c1ccc(-n2c3ccccc3c3cc(N4c5ccccc5-n5c6ccc7c8ccccc8oc7c6c6cccc4c65)ccc32)cc1. The molecule has 7 aromatic carbocycles. The Kier molecular flexibility index (Phi) is 4.55. The summed E-state index contributed by atoms with van der Waals surface area (Å²) in [7, 11) is 0. The minimum absolute atomic E-state index is 0.918. The highest BCUT2D eigenvalue weighted by Gasteiger charge is 2.30. The van der Waals surface area contributed by atoms with Crippen LogP contribution in [-0.4, -0.2) is 9.13 Å². The highest BCUT2D eigenvalue weighted by Crippen LogP contribution is 2.51. The van der Waals surface area contributed by atoms with Crippen molar-refractivity contribution in [3.05, 3.63) is 152 Å². The molecule has 0 radical (unpaired) electrons.